The van der Waals surface area contributed by atoms with Crippen LogP contribution in [0.25, 0.3) is 0 Å². The van der Waals surface area contributed by atoms with E-state index in [1.54, 1.807) is 6.07 Å². The largest absolute Gasteiger partial charge is 0.488 e. The summed E-state index contributed by atoms with van der Waals surface area (Å²) in [5.41, 5.74) is 1.64. The molecule has 1 N–H and O–H groups in total. The highest BCUT2D eigenvalue weighted by molar-refractivity contribution is 5.66. The predicted molar refractivity (Wildman–Crippen MR) is 72.0 cm³/mol. The molecule has 1 heterocycles. The second-order valence-corrected chi connectivity index (χ2v) is 4.59. The van der Waals surface area contributed by atoms with Gasteiger partial charge in [-0.3, -0.25) is 0 Å². The third kappa shape index (κ3) is 2.41. The van der Waals surface area contributed by atoms with Gasteiger partial charge >= 0.3 is 0 Å². The van der Waals surface area contributed by atoms with E-state index in [4.69, 9.17) is 10.00 Å². The van der Waals surface area contributed by atoms with Crippen molar-refractivity contribution in [2.75, 3.05) is 32.1 Å². The molecule has 1 aromatic carbocycles. The van der Waals surface area contributed by atoms with Crippen molar-refractivity contribution in [1.29, 1.82) is 5.26 Å². The lowest BCUT2D eigenvalue weighted by molar-refractivity contribution is 0.257. The quantitative estimate of drug-likeness (QED) is 0.821. The molecule has 96 valence electrons. The standard InChI is InChI=1S/C14H19N3O/c1-16-8-4-6-12-10-18-14-11(9-15)5-3-7-13(14)17(12)2/h3,5,7,12,16H,4,6,8,10H2,1-2H3. The highest BCUT2D eigenvalue weighted by atomic mass is 16.5. The van der Waals surface area contributed by atoms with Crippen LogP contribution in [0, 0.1) is 11.3 Å². The first kappa shape index (κ1) is 12.7. The van der Waals surface area contributed by atoms with Crippen LogP contribution in [-0.4, -0.2) is 33.3 Å². The number of fused-ring (bicyclic) bond motifs is 1. The Morgan fingerprint density at radius 2 is 2.39 bits per heavy atom. The minimum absolute atomic E-state index is 0.389. The summed E-state index contributed by atoms with van der Waals surface area (Å²) in [7, 11) is 4.04. The highest BCUT2D eigenvalue weighted by Gasteiger charge is 2.25. The van der Waals surface area contributed by atoms with Gasteiger partial charge < -0.3 is 15.0 Å². The number of nitrogens with zero attached hydrogens (tertiary/aromatic N) is 2. The lowest BCUT2D eigenvalue weighted by atomic mass is 10.1. The van der Waals surface area contributed by atoms with Crippen molar-refractivity contribution in [2.24, 2.45) is 0 Å². The lowest BCUT2D eigenvalue weighted by Gasteiger charge is -2.36. The van der Waals surface area contributed by atoms with Gasteiger partial charge in [0.05, 0.1) is 17.3 Å². The Kier molecular flexibility index (Phi) is 4.06. The molecule has 2 rings (SSSR count). The molecule has 1 aliphatic rings. The molecule has 0 saturated heterocycles. The molecule has 0 saturated carbocycles. The molecule has 0 aliphatic carbocycles. The summed E-state index contributed by atoms with van der Waals surface area (Å²) in [4.78, 5) is 2.23. The first-order valence-electron chi connectivity index (χ1n) is 6.31. The molecule has 1 unspecified atom stereocenters. The number of para-hydroxylation sites is 1. The average Bonchev–Trinajstić information content (AvgIpc) is 2.41. The smallest absolute Gasteiger partial charge is 0.160 e. The number of hydrogen-bond acceptors (Lipinski definition) is 4. The maximum Gasteiger partial charge on any atom is 0.160 e. The fourth-order valence-corrected chi connectivity index (χ4v) is 2.32. The molecule has 0 radical (unpaired) electrons. The predicted octanol–water partition coefficient (Wildman–Crippen LogP) is 1.76. The van der Waals surface area contributed by atoms with Crippen LogP contribution in [0.2, 0.25) is 0 Å². The number of ether oxygens (including phenoxy) is 1. The summed E-state index contributed by atoms with van der Waals surface area (Å²) in [5, 5.41) is 12.2. The molecular weight excluding hydrogens is 226 g/mol. The fraction of sp³-hybridized carbons (Fsp3) is 0.500. The van der Waals surface area contributed by atoms with Gasteiger partial charge in [-0.05, 0) is 38.6 Å². The van der Waals surface area contributed by atoms with Crippen LogP contribution in [0.3, 0.4) is 0 Å². The van der Waals surface area contributed by atoms with E-state index in [0.29, 0.717) is 18.2 Å². The zero-order valence-corrected chi connectivity index (χ0v) is 10.9. The van der Waals surface area contributed by atoms with E-state index in [2.05, 4.69) is 23.3 Å². The number of nitriles is 1. The topological polar surface area (TPSA) is 48.3 Å². The second kappa shape index (κ2) is 5.74. The number of hydrogen-bond donors (Lipinski definition) is 1. The van der Waals surface area contributed by atoms with E-state index in [-0.39, 0.29) is 0 Å². The molecule has 1 atom stereocenters. The van der Waals surface area contributed by atoms with Gasteiger partial charge in [0.2, 0.25) is 0 Å². The molecule has 4 heteroatoms. The Morgan fingerprint density at radius 1 is 1.56 bits per heavy atom. The Hall–Kier alpha value is -1.73. The van der Waals surface area contributed by atoms with E-state index in [1.807, 2.05) is 19.2 Å². The normalized spacial score (nSPS) is 17.8. The van der Waals surface area contributed by atoms with Gasteiger partial charge in [0, 0.05) is 7.05 Å². The van der Waals surface area contributed by atoms with Crippen molar-refractivity contribution in [3.63, 3.8) is 0 Å². The van der Waals surface area contributed by atoms with Crippen molar-refractivity contribution in [1.82, 2.24) is 5.32 Å². The van der Waals surface area contributed by atoms with Crippen molar-refractivity contribution in [3.05, 3.63) is 23.8 Å². The maximum atomic E-state index is 9.06. The van der Waals surface area contributed by atoms with Gasteiger partial charge in [0.15, 0.2) is 5.75 Å². The van der Waals surface area contributed by atoms with E-state index >= 15 is 0 Å². The monoisotopic (exact) mass is 245 g/mol. The molecule has 0 bridgehead atoms. The zero-order valence-electron chi connectivity index (χ0n) is 10.9. The van der Waals surface area contributed by atoms with Gasteiger partial charge in [-0.25, -0.2) is 0 Å². The van der Waals surface area contributed by atoms with Crippen LogP contribution in [0.5, 0.6) is 5.75 Å². The summed E-state index contributed by atoms with van der Waals surface area (Å²) in [6.07, 6.45) is 2.22. The van der Waals surface area contributed by atoms with E-state index in [9.17, 15) is 0 Å². The molecule has 0 spiro atoms. The maximum absolute atomic E-state index is 9.06. The summed E-state index contributed by atoms with van der Waals surface area (Å²) >= 11 is 0. The van der Waals surface area contributed by atoms with Gasteiger partial charge in [0.1, 0.15) is 12.7 Å². The van der Waals surface area contributed by atoms with Crippen LogP contribution < -0.4 is 15.0 Å². The van der Waals surface area contributed by atoms with E-state index < -0.39 is 0 Å². The lowest BCUT2D eigenvalue weighted by Crippen LogP contribution is -2.40. The number of nitrogens with one attached hydrogen (secondary N) is 1. The molecular formula is C14H19N3O. The molecule has 18 heavy (non-hydrogen) atoms. The zero-order chi connectivity index (χ0) is 13.0. The van der Waals surface area contributed by atoms with Crippen LogP contribution in [0.1, 0.15) is 18.4 Å². The Bertz CT molecular complexity index is 453. The van der Waals surface area contributed by atoms with Gasteiger partial charge in [-0.15, -0.1) is 0 Å². The van der Waals surface area contributed by atoms with E-state index in [1.165, 1.54) is 0 Å². The molecule has 0 aromatic heterocycles. The molecule has 0 fully saturated rings. The average molecular weight is 245 g/mol. The highest BCUT2D eigenvalue weighted by Crippen LogP contribution is 2.36. The number of anilines is 1. The minimum Gasteiger partial charge on any atom is -0.488 e. The van der Waals surface area contributed by atoms with Crippen molar-refractivity contribution in [2.45, 2.75) is 18.9 Å². The molecule has 1 aliphatic heterocycles. The number of rotatable bonds is 4. The minimum atomic E-state index is 0.389. The van der Waals surface area contributed by atoms with Crippen LogP contribution in [0.15, 0.2) is 18.2 Å². The second-order valence-electron chi connectivity index (χ2n) is 4.59. The van der Waals surface area contributed by atoms with Gasteiger partial charge in [-0.1, -0.05) is 6.07 Å². The Labute approximate surface area is 108 Å². The summed E-state index contributed by atoms with van der Waals surface area (Å²) in [6.45, 7) is 1.68. The van der Waals surface area contributed by atoms with Gasteiger partial charge in [-0.2, -0.15) is 5.26 Å². The number of benzene rings is 1. The molecule has 0 amide bonds. The summed E-state index contributed by atoms with van der Waals surface area (Å²) in [6, 6.07) is 8.29. The Balaban J connectivity index is 2.14. The van der Waals surface area contributed by atoms with Crippen LogP contribution >= 0.6 is 0 Å². The SMILES string of the molecule is CNCCCC1COc2c(C#N)cccc2N1C. The first-order chi connectivity index (χ1) is 8.77. The van der Waals surface area contributed by atoms with Gasteiger partial charge in [0.25, 0.3) is 0 Å². The van der Waals surface area contributed by atoms with E-state index in [0.717, 1.165) is 30.8 Å². The third-order valence-electron chi connectivity index (χ3n) is 3.43. The fourth-order valence-electron chi connectivity index (χ4n) is 2.32. The Morgan fingerprint density at radius 3 is 3.11 bits per heavy atom. The summed E-state index contributed by atoms with van der Waals surface area (Å²) in [5.74, 6) is 0.729. The van der Waals surface area contributed by atoms with Crippen molar-refractivity contribution < 1.29 is 4.74 Å². The summed E-state index contributed by atoms with van der Waals surface area (Å²) < 4.78 is 5.77. The van der Waals surface area contributed by atoms with Crippen molar-refractivity contribution in [3.8, 4) is 11.8 Å². The molecule has 1 aromatic rings. The van der Waals surface area contributed by atoms with Crippen molar-refractivity contribution >= 4 is 5.69 Å². The first-order valence-corrected chi connectivity index (χ1v) is 6.31. The third-order valence-corrected chi connectivity index (χ3v) is 3.43. The molecule has 4 nitrogen and oxygen atoms in total. The van der Waals surface area contributed by atoms with Crippen LogP contribution in [-0.2, 0) is 0 Å². The van der Waals surface area contributed by atoms with Crippen LogP contribution in [0.4, 0.5) is 5.69 Å². The number of likely N-dealkylation sites (N-methyl/N-ethyl adjacent to an activating group) is 1.